The van der Waals surface area contributed by atoms with Crippen LogP contribution in [0.5, 0.6) is 5.75 Å². The zero-order valence-electron chi connectivity index (χ0n) is 20.7. The lowest BCUT2D eigenvalue weighted by Crippen LogP contribution is -2.40. The quantitative estimate of drug-likeness (QED) is 0.574. The summed E-state index contributed by atoms with van der Waals surface area (Å²) in [5, 5.41) is 2.99. The molecule has 2 amide bonds. The zero-order chi connectivity index (χ0) is 24.8. The van der Waals surface area contributed by atoms with Crippen molar-refractivity contribution in [2.45, 2.75) is 59.6 Å². The topological polar surface area (TPSA) is 101 Å². The number of nitrogens with one attached hydrogen (secondary N) is 2. The van der Waals surface area contributed by atoms with Crippen LogP contribution in [0.1, 0.15) is 70.8 Å². The van der Waals surface area contributed by atoms with Gasteiger partial charge in [-0.05, 0) is 69.7 Å². The molecule has 0 unspecified atom stereocenters. The van der Waals surface area contributed by atoms with Gasteiger partial charge in [-0.3, -0.25) is 9.59 Å². The smallest absolute Gasteiger partial charge is 0.339 e. The second-order valence-corrected chi connectivity index (χ2v) is 9.14. The second-order valence-electron chi connectivity index (χ2n) is 9.14. The molecule has 8 nitrogen and oxygen atoms in total. The Balaban J connectivity index is 1.46. The number of hydrogen-bond acceptors (Lipinski definition) is 5. The van der Waals surface area contributed by atoms with Gasteiger partial charge >= 0.3 is 5.97 Å². The first-order valence-electron chi connectivity index (χ1n) is 11.8. The normalized spacial score (nSPS) is 14.2. The van der Waals surface area contributed by atoms with Crippen molar-refractivity contribution in [2.75, 3.05) is 20.2 Å². The maximum atomic E-state index is 13.0. The number of benzene rings is 1. The molecule has 0 spiro atoms. The molecule has 2 aromatic rings. The standard InChI is InChI=1S/C26H35N3O5/c1-16(2)34-21-8-6-20(7-9-21)15-27-22(30)14-19-10-12-29(13-11-19)25(31)24-17(3)23(18(4)28-24)26(32)33-5/h6-9,16,19,28H,10-15H2,1-5H3,(H,27,30). The summed E-state index contributed by atoms with van der Waals surface area (Å²) in [7, 11) is 1.33. The number of aromatic nitrogens is 1. The van der Waals surface area contributed by atoms with Gasteiger partial charge in [-0.25, -0.2) is 4.79 Å². The highest BCUT2D eigenvalue weighted by Crippen LogP contribution is 2.25. The maximum Gasteiger partial charge on any atom is 0.339 e. The Hall–Kier alpha value is -3.29. The molecular formula is C26H35N3O5. The van der Waals surface area contributed by atoms with Gasteiger partial charge in [0.2, 0.25) is 5.91 Å². The molecule has 8 heteroatoms. The Morgan fingerprint density at radius 2 is 1.76 bits per heavy atom. The van der Waals surface area contributed by atoms with Gasteiger partial charge in [-0.1, -0.05) is 12.1 Å². The number of piperidine rings is 1. The lowest BCUT2D eigenvalue weighted by Gasteiger charge is -2.31. The Kier molecular flexibility index (Phi) is 8.36. The van der Waals surface area contributed by atoms with E-state index in [0.29, 0.717) is 48.6 Å². The number of hydrogen-bond donors (Lipinski definition) is 2. The molecule has 1 aromatic carbocycles. The molecule has 34 heavy (non-hydrogen) atoms. The number of rotatable bonds is 8. The van der Waals surface area contributed by atoms with Gasteiger partial charge in [-0.15, -0.1) is 0 Å². The van der Waals surface area contributed by atoms with E-state index in [0.717, 1.165) is 24.2 Å². The summed E-state index contributed by atoms with van der Waals surface area (Å²) < 4.78 is 10.5. The van der Waals surface area contributed by atoms with Gasteiger partial charge in [-0.2, -0.15) is 0 Å². The minimum atomic E-state index is -0.449. The van der Waals surface area contributed by atoms with E-state index in [2.05, 4.69) is 10.3 Å². The fourth-order valence-corrected chi connectivity index (χ4v) is 4.36. The Morgan fingerprint density at radius 1 is 1.12 bits per heavy atom. The Morgan fingerprint density at radius 3 is 2.35 bits per heavy atom. The first kappa shape index (κ1) is 25.3. The van der Waals surface area contributed by atoms with Crippen LogP contribution in [0, 0.1) is 19.8 Å². The third-order valence-electron chi connectivity index (χ3n) is 6.20. The molecule has 1 aromatic heterocycles. The Labute approximate surface area is 201 Å². The molecule has 1 saturated heterocycles. The second kappa shape index (κ2) is 11.2. The van der Waals surface area contributed by atoms with Crippen LogP contribution in [0.3, 0.4) is 0 Å². The molecule has 0 saturated carbocycles. The van der Waals surface area contributed by atoms with Crippen molar-refractivity contribution in [2.24, 2.45) is 5.92 Å². The highest BCUT2D eigenvalue weighted by Gasteiger charge is 2.29. The van der Waals surface area contributed by atoms with Gasteiger partial charge in [0.05, 0.1) is 18.8 Å². The van der Waals surface area contributed by atoms with Crippen molar-refractivity contribution >= 4 is 17.8 Å². The lowest BCUT2D eigenvalue weighted by molar-refractivity contribution is -0.122. The molecule has 184 valence electrons. The number of aromatic amines is 1. The van der Waals surface area contributed by atoms with Crippen LogP contribution >= 0.6 is 0 Å². The van der Waals surface area contributed by atoms with Crippen molar-refractivity contribution in [3.05, 3.63) is 52.3 Å². The summed E-state index contributed by atoms with van der Waals surface area (Å²) in [4.78, 5) is 42.3. The van der Waals surface area contributed by atoms with E-state index in [1.165, 1.54) is 7.11 Å². The van der Waals surface area contributed by atoms with Crippen LogP contribution in [0.4, 0.5) is 0 Å². The first-order valence-corrected chi connectivity index (χ1v) is 11.8. The number of aryl methyl sites for hydroxylation is 1. The first-order chi connectivity index (χ1) is 16.2. The molecule has 2 heterocycles. The zero-order valence-corrected chi connectivity index (χ0v) is 20.7. The highest BCUT2D eigenvalue weighted by molar-refractivity contribution is 6.00. The summed E-state index contributed by atoms with van der Waals surface area (Å²) in [6, 6.07) is 7.74. The van der Waals surface area contributed by atoms with E-state index >= 15 is 0 Å². The van der Waals surface area contributed by atoms with Crippen LogP contribution in [-0.4, -0.2) is 54.0 Å². The number of carbonyl (C=O) groups is 3. The molecule has 0 radical (unpaired) electrons. The van der Waals surface area contributed by atoms with Crippen molar-refractivity contribution in [1.29, 1.82) is 0 Å². The number of methoxy groups -OCH3 is 1. The fourth-order valence-electron chi connectivity index (χ4n) is 4.36. The third kappa shape index (κ3) is 6.18. The van der Waals surface area contributed by atoms with E-state index in [4.69, 9.17) is 9.47 Å². The summed E-state index contributed by atoms with van der Waals surface area (Å²) in [5.41, 5.74) is 3.10. The molecule has 0 aliphatic carbocycles. The average Bonchev–Trinajstić information content (AvgIpc) is 3.11. The molecule has 1 fully saturated rings. The third-order valence-corrected chi connectivity index (χ3v) is 6.20. The van der Waals surface area contributed by atoms with E-state index in [1.54, 1.807) is 18.7 Å². The minimum Gasteiger partial charge on any atom is -0.491 e. The van der Waals surface area contributed by atoms with Gasteiger partial charge in [0, 0.05) is 31.7 Å². The number of nitrogens with zero attached hydrogens (tertiary/aromatic N) is 1. The van der Waals surface area contributed by atoms with Crippen LogP contribution in [0.15, 0.2) is 24.3 Å². The van der Waals surface area contributed by atoms with Crippen molar-refractivity contribution in [3.8, 4) is 5.75 Å². The average molecular weight is 470 g/mol. The molecule has 0 atom stereocenters. The van der Waals surface area contributed by atoms with Gasteiger partial charge in [0.15, 0.2) is 0 Å². The van der Waals surface area contributed by atoms with E-state index in [-0.39, 0.29) is 23.8 Å². The van der Waals surface area contributed by atoms with Crippen molar-refractivity contribution in [1.82, 2.24) is 15.2 Å². The number of carbonyl (C=O) groups excluding carboxylic acids is 3. The predicted molar refractivity (Wildman–Crippen MR) is 129 cm³/mol. The summed E-state index contributed by atoms with van der Waals surface area (Å²) in [6.07, 6.45) is 2.11. The summed E-state index contributed by atoms with van der Waals surface area (Å²) in [5.74, 6) is 0.504. The molecule has 0 bridgehead atoms. The number of H-pyrrole nitrogens is 1. The largest absolute Gasteiger partial charge is 0.491 e. The van der Waals surface area contributed by atoms with Crippen molar-refractivity contribution in [3.63, 3.8) is 0 Å². The maximum absolute atomic E-state index is 13.0. The summed E-state index contributed by atoms with van der Waals surface area (Å²) in [6.45, 7) is 9.12. The van der Waals surface area contributed by atoms with E-state index < -0.39 is 5.97 Å². The molecular weight excluding hydrogens is 434 g/mol. The predicted octanol–water partition coefficient (Wildman–Crippen LogP) is 3.76. The van der Waals surface area contributed by atoms with Crippen LogP contribution < -0.4 is 10.1 Å². The SMILES string of the molecule is COC(=O)c1c(C)[nH]c(C(=O)N2CCC(CC(=O)NCc3ccc(OC(C)C)cc3)CC2)c1C. The molecule has 1 aliphatic rings. The van der Waals surface area contributed by atoms with Crippen molar-refractivity contribution < 1.29 is 23.9 Å². The molecule has 2 N–H and O–H groups in total. The monoisotopic (exact) mass is 469 g/mol. The number of likely N-dealkylation sites (tertiary alicyclic amines) is 1. The Bertz CT molecular complexity index is 1020. The van der Waals surface area contributed by atoms with E-state index in [9.17, 15) is 14.4 Å². The number of esters is 1. The van der Waals surface area contributed by atoms with Gasteiger partial charge < -0.3 is 24.7 Å². The lowest BCUT2D eigenvalue weighted by atomic mass is 9.93. The minimum absolute atomic E-state index is 0.0193. The van der Waals surface area contributed by atoms with Crippen LogP contribution in [-0.2, 0) is 16.1 Å². The molecule has 1 aliphatic heterocycles. The van der Waals surface area contributed by atoms with Crippen LogP contribution in [0.2, 0.25) is 0 Å². The van der Waals surface area contributed by atoms with Crippen LogP contribution in [0.25, 0.3) is 0 Å². The summed E-state index contributed by atoms with van der Waals surface area (Å²) >= 11 is 0. The fraction of sp³-hybridized carbons (Fsp3) is 0.500. The van der Waals surface area contributed by atoms with Gasteiger partial charge in [0.25, 0.3) is 5.91 Å². The van der Waals surface area contributed by atoms with E-state index in [1.807, 2.05) is 38.1 Å². The number of amides is 2. The highest BCUT2D eigenvalue weighted by atomic mass is 16.5. The molecule has 3 rings (SSSR count). The number of ether oxygens (including phenoxy) is 2. The van der Waals surface area contributed by atoms with Gasteiger partial charge in [0.1, 0.15) is 11.4 Å².